The van der Waals surface area contributed by atoms with Gasteiger partial charge in [0, 0.05) is 6.04 Å². The van der Waals surface area contributed by atoms with Crippen molar-refractivity contribution in [2.45, 2.75) is 32.9 Å². The Balaban J connectivity index is 2.91. The molecule has 1 amide bonds. The zero-order chi connectivity index (χ0) is 15.3. The van der Waals surface area contributed by atoms with Gasteiger partial charge in [-0.15, -0.1) is 0 Å². The van der Waals surface area contributed by atoms with Crippen molar-refractivity contribution in [3.05, 3.63) is 23.8 Å². The zero-order valence-electron chi connectivity index (χ0n) is 12.0. The number of carbonyl (C=O) groups excluding carboxylic acids is 1. The van der Waals surface area contributed by atoms with E-state index in [9.17, 15) is 9.59 Å². The van der Waals surface area contributed by atoms with Crippen LogP contribution in [0.2, 0.25) is 0 Å². The molecular weight excluding hydrogens is 262 g/mol. The Kier molecular flexibility index (Phi) is 5.37. The van der Waals surface area contributed by atoms with Crippen molar-refractivity contribution in [2.24, 2.45) is 0 Å². The first-order chi connectivity index (χ1) is 9.35. The molecule has 0 aromatic heterocycles. The lowest BCUT2D eigenvalue weighted by atomic mass is 10.2. The van der Waals surface area contributed by atoms with E-state index in [1.54, 1.807) is 13.0 Å². The second-order valence-electron chi connectivity index (χ2n) is 4.59. The second kappa shape index (κ2) is 6.79. The van der Waals surface area contributed by atoms with E-state index in [2.05, 4.69) is 5.32 Å². The molecule has 6 heteroatoms. The molecule has 0 saturated carbocycles. The number of benzene rings is 1. The number of amides is 1. The first-order valence-corrected chi connectivity index (χ1v) is 6.23. The van der Waals surface area contributed by atoms with E-state index in [4.69, 9.17) is 14.6 Å². The third kappa shape index (κ3) is 4.15. The minimum absolute atomic E-state index is 0.0108. The fourth-order valence-corrected chi connectivity index (χ4v) is 1.55. The van der Waals surface area contributed by atoms with Crippen molar-refractivity contribution in [3.8, 4) is 11.5 Å². The lowest BCUT2D eigenvalue weighted by molar-refractivity contribution is -0.127. The van der Waals surface area contributed by atoms with Gasteiger partial charge in [0.2, 0.25) is 0 Å². The summed E-state index contributed by atoms with van der Waals surface area (Å²) in [6.45, 7) is 5.23. The molecular formula is C14H19NO5. The highest BCUT2D eigenvalue weighted by atomic mass is 16.5. The number of aromatic carboxylic acids is 1. The lowest BCUT2D eigenvalue weighted by Crippen LogP contribution is -2.40. The Morgan fingerprint density at radius 2 is 1.90 bits per heavy atom. The summed E-state index contributed by atoms with van der Waals surface area (Å²) in [4.78, 5) is 22.9. The number of carbonyl (C=O) groups is 2. The molecule has 20 heavy (non-hydrogen) atoms. The largest absolute Gasteiger partial charge is 0.497 e. The summed E-state index contributed by atoms with van der Waals surface area (Å²) in [5, 5.41) is 11.8. The van der Waals surface area contributed by atoms with Crippen LogP contribution in [0.5, 0.6) is 11.5 Å². The molecule has 0 radical (unpaired) electrons. The smallest absolute Gasteiger partial charge is 0.339 e. The van der Waals surface area contributed by atoms with Crippen LogP contribution < -0.4 is 14.8 Å². The van der Waals surface area contributed by atoms with Crippen LogP contribution in [0.15, 0.2) is 18.2 Å². The predicted octanol–water partition coefficient (Wildman–Crippen LogP) is 1.69. The van der Waals surface area contributed by atoms with Crippen LogP contribution in [-0.4, -0.2) is 36.2 Å². The highest BCUT2D eigenvalue weighted by molar-refractivity contribution is 5.91. The summed E-state index contributed by atoms with van der Waals surface area (Å²) in [6.07, 6.45) is -0.788. The van der Waals surface area contributed by atoms with Gasteiger partial charge in [-0.3, -0.25) is 4.79 Å². The maximum atomic E-state index is 11.8. The minimum Gasteiger partial charge on any atom is -0.497 e. The predicted molar refractivity (Wildman–Crippen MR) is 73.3 cm³/mol. The number of hydrogen-bond donors (Lipinski definition) is 2. The van der Waals surface area contributed by atoms with Gasteiger partial charge in [0.05, 0.1) is 7.11 Å². The summed E-state index contributed by atoms with van der Waals surface area (Å²) in [7, 11) is 1.44. The van der Waals surface area contributed by atoms with Gasteiger partial charge in [-0.2, -0.15) is 0 Å². The number of hydrogen-bond acceptors (Lipinski definition) is 4. The highest BCUT2D eigenvalue weighted by Gasteiger charge is 2.19. The maximum Gasteiger partial charge on any atom is 0.339 e. The molecule has 0 aliphatic carbocycles. The summed E-state index contributed by atoms with van der Waals surface area (Å²) >= 11 is 0. The molecule has 6 nitrogen and oxygen atoms in total. The van der Waals surface area contributed by atoms with Gasteiger partial charge >= 0.3 is 5.97 Å². The molecule has 110 valence electrons. The average Bonchev–Trinajstić information content (AvgIpc) is 2.37. The molecule has 1 atom stereocenters. The van der Waals surface area contributed by atoms with E-state index < -0.39 is 12.1 Å². The molecule has 0 bridgehead atoms. The first kappa shape index (κ1) is 15.8. The molecule has 1 aromatic rings. The zero-order valence-corrected chi connectivity index (χ0v) is 12.0. The van der Waals surface area contributed by atoms with Gasteiger partial charge in [-0.05, 0) is 39.0 Å². The van der Waals surface area contributed by atoms with E-state index in [1.807, 2.05) is 13.8 Å². The average molecular weight is 281 g/mol. The molecule has 1 unspecified atom stereocenters. The fourth-order valence-electron chi connectivity index (χ4n) is 1.55. The van der Waals surface area contributed by atoms with Crippen LogP contribution >= 0.6 is 0 Å². The number of rotatable bonds is 6. The third-order valence-corrected chi connectivity index (χ3v) is 2.52. The molecule has 0 heterocycles. The summed E-state index contributed by atoms with van der Waals surface area (Å²) in [5.41, 5.74) is -0.0476. The monoisotopic (exact) mass is 281 g/mol. The maximum absolute atomic E-state index is 11.8. The third-order valence-electron chi connectivity index (χ3n) is 2.52. The number of carboxylic acid groups (broad SMARTS) is 1. The summed E-state index contributed by atoms with van der Waals surface area (Å²) in [6, 6.07) is 4.39. The summed E-state index contributed by atoms with van der Waals surface area (Å²) in [5.74, 6) is -0.902. The van der Waals surface area contributed by atoms with E-state index in [0.29, 0.717) is 5.75 Å². The second-order valence-corrected chi connectivity index (χ2v) is 4.59. The Labute approximate surface area is 117 Å². The molecule has 0 saturated heterocycles. The van der Waals surface area contributed by atoms with Gasteiger partial charge in [-0.25, -0.2) is 4.79 Å². The molecule has 0 aliphatic rings. The van der Waals surface area contributed by atoms with Crippen LogP contribution in [0.25, 0.3) is 0 Å². The fraction of sp³-hybridized carbons (Fsp3) is 0.429. The Bertz CT molecular complexity index is 498. The number of carboxylic acids is 1. The molecule has 0 fully saturated rings. The number of ether oxygens (including phenoxy) is 2. The number of methoxy groups -OCH3 is 1. The van der Waals surface area contributed by atoms with Crippen molar-refractivity contribution in [2.75, 3.05) is 7.11 Å². The van der Waals surface area contributed by atoms with Crippen LogP contribution in [0, 0.1) is 0 Å². The first-order valence-electron chi connectivity index (χ1n) is 6.23. The highest BCUT2D eigenvalue weighted by Crippen LogP contribution is 2.25. The van der Waals surface area contributed by atoms with Gasteiger partial charge in [0.1, 0.15) is 17.1 Å². The standard InChI is InChI=1S/C14H19NO5/c1-8(2)15-13(16)9(3)20-12-6-5-10(19-4)7-11(12)14(17)18/h5-9H,1-4H3,(H,15,16)(H,17,18). The molecule has 1 aromatic carbocycles. The molecule has 0 aliphatic heterocycles. The van der Waals surface area contributed by atoms with Crippen LogP contribution in [0.3, 0.4) is 0 Å². The van der Waals surface area contributed by atoms with Crippen molar-refractivity contribution in [1.82, 2.24) is 5.32 Å². The molecule has 1 rings (SSSR count). The SMILES string of the molecule is COc1ccc(OC(C)C(=O)NC(C)C)c(C(=O)O)c1. The number of nitrogens with one attached hydrogen (secondary N) is 1. The van der Waals surface area contributed by atoms with E-state index >= 15 is 0 Å². The van der Waals surface area contributed by atoms with Crippen LogP contribution in [-0.2, 0) is 4.79 Å². The van der Waals surface area contributed by atoms with E-state index in [0.717, 1.165) is 0 Å². The van der Waals surface area contributed by atoms with Crippen molar-refractivity contribution in [1.29, 1.82) is 0 Å². The minimum atomic E-state index is -1.14. The Morgan fingerprint density at radius 3 is 2.40 bits per heavy atom. The van der Waals surface area contributed by atoms with Gasteiger partial charge in [0.25, 0.3) is 5.91 Å². The Morgan fingerprint density at radius 1 is 1.25 bits per heavy atom. The summed E-state index contributed by atoms with van der Waals surface area (Å²) < 4.78 is 10.4. The lowest BCUT2D eigenvalue weighted by Gasteiger charge is -2.18. The van der Waals surface area contributed by atoms with Gasteiger partial charge in [-0.1, -0.05) is 0 Å². The van der Waals surface area contributed by atoms with Crippen LogP contribution in [0.4, 0.5) is 0 Å². The molecule has 2 N–H and O–H groups in total. The van der Waals surface area contributed by atoms with Gasteiger partial charge < -0.3 is 19.9 Å². The Hall–Kier alpha value is -2.24. The van der Waals surface area contributed by atoms with Crippen LogP contribution in [0.1, 0.15) is 31.1 Å². The quantitative estimate of drug-likeness (QED) is 0.828. The topological polar surface area (TPSA) is 84.9 Å². The van der Waals surface area contributed by atoms with E-state index in [1.165, 1.54) is 19.2 Å². The van der Waals surface area contributed by atoms with E-state index in [-0.39, 0.29) is 23.3 Å². The van der Waals surface area contributed by atoms with Crippen molar-refractivity contribution >= 4 is 11.9 Å². The molecule has 0 spiro atoms. The normalized spacial score (nSPS) is 11.8. The van der Waals surface area contributed by atoms with Crippen molar-refractivity contribution < 1.29 is 24.2 Å². The van der Waals surface area contributed by atoms with Gasteiger partial charge in [0.15, 0.2) is 6.10 Å². The van der Waals surface area contributed by atoms with Crippen molar-refractivity contribution in [3.63, 3.8) is 0 Å².